The minimum Gasteiger partial charge on any atom is -0.321 e. The molecule has 2 atom stereocenters. The second-order valence-corrected chi connectivity index (χ2v) is 8.21. The van der Waals surface area contributed by atoms with Crippen molar-refractivity contribution in [2.24, 2.45) is 21.8 Å². The fourth-order valence-electron chi connectivity index (χ4n) is 4.60. The molecule has 138 valence electrons. The van der Waals surface area contributed by atoms with Gasteiger partial charge in [0.15, 0.2) is 11.6 Å². The Morgan fingerprint density at radius 1 is 1.35 bits per heavy atom. The summed E-state index contributed by atoms with van der Waals surface area (Å²) in [6.45, 7) is 6.73. The third-order valence-corrected chi connectivity index (χ3v) is 6.80. The molecule has 0 saturated heterocycles. The highest BCUT2D eigenvalue weighted by Gasteiger charge is 2.60. The molecule has 2 aromatic rings. The van der Waals surface area contributed by atoms with E-state index in [4.69, 9.17) is 0 Å². The number of nitrogens with zero attached hydrogens (tertiary/aromatic N) is 3. The van der Waals surface area contributed by atoms with Crippen molar-refractivity contribution in [2.45, 2.75) is 46.6 Å². The van der Waals surface area contributed by atoms with Crippen molar-refractivity contribution in [1.82, 2.24) is 15.0 Å². The van der Waals surface area contributed by atoms with Crippen LogP contribution in [-0.4, -0.2) is 21.2 Å². The van der Waals surface area contributed by atoms with Gasteiger partial charge in [0.2, 0.25) is 0 Å². The molecule has 1 amide bonds. The molecular formula is C19H22F2N4O. The molecule has 5 nitrogen and oxygen atoms in total. The van der Waals surface area contributed by atoms with Crippen LogP contribution in [0.15, 0.2) is 23.6 Å². The minimum absolute atomic E-state index is 0.0211. The first-order valence-electron chi connectivity index (χ1n) is 8.88. The van der Waals surface area contributed by atoms with Crippen LogP contribution in [0.25, 0.3) is 11.0 Å². The zero-order chi connectivity index (χ0) is 18.7. The number of rotatable bonds is 3. The van der Waals surface area contributed by atoms with Crippen molar-refractivity contribution in [2.75, 3.05) is 0 Å². The lowest BCUT2D eigenvalue weighted by molar-refractivity contribution is -0.121. The van der Waals surface area contributed by atoms with Crippen molar-refractivity contribution in [3.63, 3.8) is 0 Å². The lowest BCUT2D eigenvalue weighted by Crippen LogP contribution is -2.34. The lowest BCUT2D eigenvalue weighted by Gasteiger charge is -2.34. The first kappa shape index (κ1) is 17.1. The van der Waals surface area contributed by atoms with E-state index in [0.29, 0.717) is 17.0 Å². The minimum atomic E-state index is -0.961. The van der Waals surface area contributed by atoms with Crippen LogP contribution in [0.2, 0.25) is 0 Å². The largest absolute Gasteiger partial charge is 0.321 e. The Morgan fingerprint density at radius 2 is 2.08 bits per heavy atom. The summed E-state index contributed by atoms with van der Waals surface area (Å²) in [6.07, 6.45) is 4.62. The van der Waals surface area contributed by atoms with Gasteiger partial charge in [-0.3, -0.25) is 4.79 Å². The summed E-state index contributed by atoms with van der Waals surface area (Å²) in [6, 6.07) is 2.08. The lowest BCUT2D eigenvalue weighted by atomic mass is 9.70. The smallest absolute Gasteiger partial charge is 0.260 e. The van der Waals surface area contributed by atoms with Gasteiger partial charge < -0.3 is 4.57 Å². The zero-order valence-electron chi connectivity index (χ0n) is 15.1. The Hall–Kier alpha value is -2.31. The van der Waals surface area contributed by atoms with Crippen LogP contribution in [0.3, 0.4) is 0 Å². The van der Waals surface area contributed by atoms with Gasteiger partial charge in [-0.25, -0.2) is 19.2 Å². The number of hydrogen-bond acceptors (Lipinski definition) is 3. The fraction of sp³-hybridized carbons (Fsp3) is 0.526. The van der Waals surface area contributed by atoms with Crippen LogP contribution in [0.1, 0.15) is 40.0 Å². The highest BCUT2D eigenvalue weighted by molar-refractivity contribution is 5.95. The molecule has 4 rings (SSSR count). The molecule has 2 fully saturated rings. The van der Waals surface area contributed by atoms with E-state index in [0.717, 1.165) is 30.7 Å². The Kier molecular flexibility index (Phi) is 3.68. The summed E-state index contributed by atoms with van der Waals surface area (Å²) in [5, 5.41) is 4.41. The quantitative estimate of drug-likeness (QED) is 0.850. The number of carbonyl (C=O) groups excluding carboxylic acids is 1. The van der Waals surface area contributed by atoms with Crippen molar-refractivity contribution in [3.05, 3.63) is 30.1 Å². The third-order valence-electron chi connectivity index (χ3n) is 6.80. The fourth-order valence-corrected chi connectivity index (χ4v) is 4.60. The van der Waals surface area contributed by atoms with Gasteiger partial charge >= 0.3 is 0 Å². The van der Waals surface area contributed by atoms with Crippen molar-refractivity contribution < 1.29 is 13.6 Å². The summed E-state index contributed by atoms with van der Waals surface area (Å²) in [4.78, 5) is 16.3. The molecule has 2 bridgehead atoms. The Bertz CT molecular complexity index is 933. The van der Waals surface area contributed by atoms with Crippen molar-refractivity contribution in [1.29, 1.82) is 0 Å². The predicted molar refractivity (Wildman–Crippen MR) is 94.5 cm³/mol. The summed E-state index contributed by atoms with van der Waals surface area (Å²) in [5.74, 6) is -1.62. The van der Waals surface area contributed by atoms with Gasteiger partial charge in [-0.2, -0.15) is 5.10 Å². The second kappa shape index (κ2) is 5.59. The monoisotopic (exact) mass is 360 g/mol. The Labute approximate surface area is 150 Å². The number of amides is 1. The van der Waals surface area contributed by atoms with Gasteiger partial charge in [0, 0.05) is 23.3 Å². The zero-order valence-corrected chi connectivity index (χ0v) is 15.1. The topological polar surface area (TPSA) is 59.3 Å². The van der Waals surface area contributed by atoms with Crippen LogP contribution in [0, 0.1) is 28.4 Å². The molecule has 0 radical (unpaired) electrons. The molecule has 7 heteroatoms. The maximum absolute atomic E-state index is 13.5. The summed E-state index contributed by atoms with van der Waals surface area (Å²) < 4.78 is 28.2. The molecule has 2 aliphatic rings. The number of aromatic nitrogens is 2. The number of benzene rings is 1. The maximum Gasteiger partial charge on any atom is 0.260 e. The molecular weight excluding hydrogens is 338 g/mol. The number of hydrazone groups is 1. The highest BCUT2D eigenvalue weighted by Crippen LogP contribution is 2.63. The molecule has 2 saturated carbocycles. The molecule has 1 aromatic carbocycles. The molecule has 26 heavy (non-hydrogen) atoms. The van der Waals surface area contributed by atoms with Crippen LogP contribution in [0.4, 0.5) is 8.78 Å². The molecule has 1 heterocycles. The Morgan fingerprint density at radius 3 is 2.73 bits per heavy atom. The van der Waals surface area contributed by atoms with Gasteiger partial charge in [0.1, 0.15) is 6.54 Å². The van der Waals surface area contributed by atoms with Gasteiger partial charge in [0.05, 0.1) is 17.4 Å². The molecule has 2 aliphatic carbocycles. The first-order valence-corrected chi connectivity index (χ1v) is 8.88. The van der Waals surface area contributed by atoms with Crippen molar-refractivity contribution >= 4 is 22.7 Å². The molecule has 1 N–H and O–H groups in total. The van der Waals surface area contributed by atoms with E-state index < -0.39 is 11.6 Å². The second-order valence-electron chi connectivity index (χ2n) is 8.21. The van der Waals surface area contributed by atoms with Gasteiger partial charge in [-0.1, -0.05) is 20.8 Å². The average molecular weight is 360 g/mol. The van der Waals surface area contributed by atoms with E-state index in [1.165, 1.54) is 17.3 Å². The number of imidazole rings is 1. The Balaban J connectivity index is 1.50. The number of hydrogen-bond donors (Lipinski definition) is 1. The number of fused-ring (bicyclic) bond motifs is 3. The number of halogens is 2. The highest BCUT2D eigenvalue weighted by atomic mass is 19.2. The van der Waals surface area contributed by atoms with E-state index in [-0.39, 0.29) is 23.3 Å². The van der Waals surface area contributed by atoms with E-state index in [9.17, 15) is 13.6 Å². The number of carbonyl (C=O) groups is 1. The SMILES string of the molecule is CC12CCC(C/C1=N\NC(=O)Cn1cnc3cc(F)c(F)cc31)C2(C)C. The molecule has 2 unspecified atom stereocenters. The van der Waals surface area contributed by atoms with Crippen molar-refractivity contribution in [3.8, 4) is 0 Å². The standard InChI is InChI=1S/C19H22F2N4O/c1-18(2)11-4-5-19(18,3)16(6-11)23-24-17(26)9-25-10-22-14-7-12(20)13(21)8-15(14)25/h7-8,10-11H,4-6,9H2,1-3H3,(H,24,26)/b23-16+. The predicted octanol–water partition coefficient (Wildman–Crippen LogP) is 3.63. The van der Waals surface area contributed by atoms with Crippen LogP contribution >= 0.6 is 0 Å². The molecule has 0 aliphatic heterocycles. The van der Waals surface area contributed by atoms with Crippen LogP contribution < -0.4 is 5.43 Å². The summed E-state index contributed by atoms with van der Waals surface area (Å²) in [7, 11) is 0. The van der Waals surface area contributed by atoms with Gasteiger partial charge in [-0.05, 0) is 30.6 Å². The molecule has 0 spiro atoms. The third kappa shape index (κ3) is 2.36. The van der Waals surface area contributed by atoms with E-state index >= 15 is 0 Å². The molecule has 1 aromatic heterocycles. The van der Waals surface area contributed by atoms with Crippen LogP contribution in [-0.2, 0) is 11.3 Å². The summed E-state index contributed by atoms with van der Waals surface area (Å²) in [5.41, 5.74) is 4.59. The van der Waals surface area contributed by atoms with Gasteiger partial charge in [0.25, 0.3) is 5.91 Å². The van der Waals surface area contributed by atoms with E-state index in [1.54, 1.807) is 0 Å². The summed E-state index contributed by atoms with van der Waals surface area (Å²) >= 11 is 0. The normalized spacial score (nSPS) is 28.2. The van der Waals surface area contributed by atoms with Gasteiger partial charge in [-0.15, -0.1) is 0 Å². The average Bonchev–Trinajstić information content (AvgIpc) is 3.12. The number of nitrogens with one attached hydrogen (secondary N) is 1. The van der Waals surface area contributed by atoms with E-state index in [1.807, 2.05) is 0 Å². The maximum atomic E-state index is 13.5. The first-order chi connectivity index (χ1) is 12.2. The van der Waals surface area contributed by atoms with E-state index in [2.05, 4.69) is 36.3 Å². The van der Waals surface area contributed by atoms with Crippen LogP contribution in [0.5, 0.6) is 0 Å².